The second kappa shape index (κ2) is 9.94. The molecule has 0 bridgehead atoms. The van der Waals surface area contributed by atoms with Crippen LogP contribution in [0, 0.1) is 0 Å². The number of rotatable bonds is 8. The van der Waals surface area contributed by atoms with Gasteiger partial charge in [0.2, 0.25) is 0 Å². The highest BCUT2D eigenvalue weighted by Crippen LogP contribution is 2.34. The van der Waals surface area contributed by atoms with E-state index in [1.165, 1.54) is 6.07 Å². The maximum atomic E-state index is 11.1. The number of nitrogens with one attached hydrogen (secondary N) is 1. The molecule has 0 aliphatic carbocycles. The first-order valence-electron chi connectivity index (χ1n) is 8.89. The predicted octanol–water partition coefficient (Wildman–Crippen LogP) is 6.54. The highest BCUT2D eigenvalue weighted by molar-refractivity contribution is 6.36. The normalized spacial score (nSPS) is 10.5. The monoisotopic (exact) mass is 465 g/mol. The number of carboxylic acid groups (broad SMARTS) is 1. The maximum Gasteiger partial charge on any atom is 0.337 e. The van der Waals surface area contributed by atoms with Crippen molar-refractivity contribution in [3.05, 3.63) is 86.4 Å². The molecule has 0 aromatic heterocycles. The highest BCUT2D eigenvalue weighted by atomic mass is 35.5. The van der Waals surface area contributed by atoms with Crippen molar-refractivity contribution in [3.8, 4) is 11.5 Å². The van der Waals surface area contributed by atoms with E-state index in [1.807, 2.05) is 12.1 Å². The molecule has 8 heteroatoms. The molecule has 0 heterocycles. The Labute approximate surface area is 189 Å². The van der Waals surface area contributed by atoms with Crippen LogP contribution in [0.1, 0.15) is 21.5 Å². The molecule has 0 atom stereocenters. The Morgan fingerprint density at radius 2 is 1.70 bits per heavy atom. The van der Waals surface area contributed by atoms with Crippen LogP contribution in [0.2, 0.25) is 15.1 Å². The molecule has 0 radical (unpaired) electrons. The molecule has 3 aromatic rings. The van der Waals surface area contributed by atoms with Crippen molar-refractivity contribution in [2.75, 3.05) is 12.4 Å². The first-order chi connectivity index (χ1) is 14.4. The number of methoxy groups -OCH3 is 1. The molecule has 0 fully saturated rings. The summed E-state index contributed by atoms with van der Waals surface area (Å²) in [6.07, 6.45) is 0. The largest absolute Gasteiger partial charge is 0.493 e. The number of benzene rings is 3. The van der Waals surface area contributed by atoms with E-state index in [0.29, 0.717) is 39.3 Å². The van der Waals surface area contributed by atoms with Crippen molar-refractivity contribution < 1.29 is 19.4 Å². The lowest BCUT2D eigenvalue weighted by molar-refractivity contribution is 0.0697. The van der Waals surface area contributed by atoms with Gasteiger partial charge >= 0.3 is 5.97 Å². The topological polar surface area (TPSA) is 67.8 Å². The van der Waals surface area contributed by atoms with Crippen molar-refractivity contribution in [1.82, 2.24) is 0 Å². The average Bonchev–Trinajstić information content (AvgIpc) is 2.72. The van der Waals surface area contributed by atoms with Crippen LogP contribution in [0.3, 0.4) is 0 Å². The quantitative estimate of drug-likeness (QED) is 0.394. The Balaban J connectivity index is 1.80. The van der Waals surface area contributed by atoms with Gasteiger partial charge in [-0.3, -0.25) is 0 Å². The highest BCUT2D eigenvalue weighted by Gasteiger charge is 2.14. The Kier molecular flexibility index (Phi) is 7.32. The number of carboxylic acids is 1. The Morgan fingerprint density at radius 3 is 2.33 bits per heavy atom. The van der Waals surface area contributed by atoms with Crippen LogP contribution in [0.4, 0.5) is 5.69 Å². The van der Waals surface area contributed by atoms with Gasteiger partial charge in [0.25, 0.3) is 0 Å². The second-order valence-electron chi connectivity index (χ2n) is 6.29. The van der Waals surface area contributed by atoms with Gasteiger partial charge in [-0.25, -0.2) is 4.79 Å². The minimum Gasteiger partial charge on any atom is -0.493 e. The summed E-state index contributed by atoms with van der Waals surface area (Å²) in [4.78, 5) is 11.1. The van der Waals surface area contributed by atoms with Gasteiger partial charge in [0, 0.05) is 33.4 Å². The maximum absolute atomic E-state index is 11.1. The van der Waals surface area contributed by atoms with Crippen molar-refractivity contribution in [3.63, 3.8) is 0 Å². The molecule has 0 aliphatic heterocycles. The van der Waals surface area contributed by atoms with E-state index in [-0.39, 0.29) is 17.2 Å². The molecule has 0 unspecified atom stereocenters. The smallest absolute Gasteiger partial charge is 0.337 e. The zero-order valence-corrected chi connectivity index (χ0v) is 18.2. The Bertz CT molecular complexity index is 1050. The number of hydrogen-bond donors (Lipinski definition) is 2. The molecule has 0 amide bonds. The summed E-state index contributed by atoms with van der Waals surface area (Å²) in [6, 6.07) is 15.5. The van der Waals surface area contributed by atoms with E-state index in [9.17, 15) is 4.79 Å². The Hall–Kier alpha value is -2.60. The minimum atomic E-state index is -1.08. The zero-order chi connectivity index (χ0) is 21.7. The lowest BCUT2D eigenvalue weighted by Crippen LogP contribution is -2.06. The van der Waals surface area contributed by atoms with E-state index in [0.717, 1.165) is 5.56 Å². The molecule has 30 heavy (non-hydrogen) atoms. The summed E-state index contributed by atoms with van der Waals surface area (Å²) >= 11 is 18.5. The summed E-state index contributed by atoms with van der Waals surface area (Å²) in [7, 11) is 1.56. The lowest BCUT2D eigenvalue weighted by atomic mass is 10.1. The molecule has 0 saturated carbocycles. The van der Waals surface area contributed by atoms with E-state index in [4.69, 9.17) is 49.4 Å². The fraction of sp³-hybridized carbons (Fsp3) is 0.136. The van der Waals surface area contributed by atoms with Gasteiger partial charge in [0.1, 0.15) is 6.61 Å². The van der Waals surface area contributed by atoms with E-state index in [2.05, 4.69) is 5.32 Å². The SMILES string of the molecule is COc1cccc(CNc2ccc(C(=O)O)c(Cl)c2)c1OCc1c(Cl)cccc1Cl. The standard InChI is InChI=1S/C22H18Cl3NO4/c1-29-20-7-2-4-13(11-26-14-8-9-15(22(27)28)19(25)10-14)21(20)30-12-16-17(23)5-3-6-18(16)24/h2-10,26H,11-12H2,1H3,(H,27,28). The van der Waals surface area contributed by atoms with Crippen LogP contribution in [0.5, 0.6) is 11.5 Å². The molecule has 2 N–H and O–H groups in total. The van der Waals surface area contributed by atoms with Crippen molar-refractivity contribution >= 4 is 46.5 Å². The molecule has 3 aromatic carbocycles. The first kappa shape index (κ1) is 22.1. The third-order valence-corrected chi connectivity index (χ3v) is 5.41. The van der Waals surface area contributed by atoms with Gasteiger partial charge in [0.05, 0.1) is 17.7 Å². The summed E-state index contributed by atoms with van der Waals surface area (Å²) in [6.45, 7) is 0.566. The van der Waals surface area contributed by atoms with E-state index < -0.39 is 5.97 Å². The number of para-hydroxylation sites is 1. The molecular formula is C22H18Cl3NO4. The molecule has 3 rings (SSSR count). The first-order valence-corrected chi connectivity index (χ1v) is 10.0. The van der Waals surface area contributed by atoms with Crippen molar-refractivity contribution in [1.29, 1.82) is 0 Å². The summed E-state index contributed by atoms with van der Waals surface area (Å²) in [5.74, 6) is 0.0433. The van der Waals surface area contributed by atoms with Crippen LogP contribution in [-0.2, 0) is 13.2 Å². The molecule has 0 aliphatic rings. The third kappa shape index (κ3) is 5.11. The van der Waals surface area contributed by atoms with Crippen molar-refractivity contribution in [2.24, 2.45) is 0 Å². The molecule has 0 spiro atoms. The van der Waals surface area contributed by atoms with Crippen LogP contribution in [0.25, 0.3) is 0 Å². The Morgan fingerprint density at radius 1 is 1.00 bits per heavy atom. The average molecular weight is 467 g/mol. The summed E-state index contributed by atoms with van der Waals surface area (Å²) in [5.41, 5.74) is 2.23. The zero-order valence-electron chi connectivity index (χ0n) is 15.9. The molecule has 5 nitrogen and oxygen atoms in total. The van der Waals surface area contributed by atoms with Gasteiger partial charge in [-0.2, -0.15) is 0 Å². The van der Waals surface area contributed by atoms with Crippen LogP contribution < -0.4 is 14.8 Å². The number of hydrogen-bond acceptors (Lipinski definition) is 4. The number of halogens is 3. The summed E-state index contributed by atoms with van der Waals surface area (Å²) < 4.78 is 11.5. The van der Waals surface area contributed by atoms with Crippen LogP contribution >= 0.6 is 34.8 Å². The van der Waals surface area contributed by atoms with Gasteiger partial charge in [-0.15, -0.1) is 0 Å². The fourth-order valence-electron chi connectivity index (χ4n) is 2.84. The van der Waals surface area contributed by atoms with E-state index in [1.54, 1.807) is 43.5 Å². The number of aromatic carboxylic acids is 1. The van der Waals surface area contributed by atoms with Crippen molar-refractivity contribution in [2.45, 2.75) is 13.2 Å². The van der Waals surface area contributed by atoms with E-state index >= 15 is 0 Å². The minimum absolute atomic E-state index is 0.0456. The fourth-order valence-corrected chi connectivity index (χ4v) is 3.60. The second-order valence-corrected chi connectivity index (χ2v) is 7.51. The number of carbonyl (C=O) groups is 1. The predicted molar refractivity (Wildman–Crippen MR) is 120 cm³/mol. The van der Waals surface area contributed by atoms with Crippen LogP contribution in [0.15, 0.2) is 54.6 Å². The summed E-state index contributed by atoms with van der Waals surface area (Å²) in [5, 5.41) is 13.5. The lowest BCUT2D eigenvalue weighted by Gasteiger charge is -2.17. The third-order valence-electron chi connectivity index (χ3n) is 4.39. The number of anilines is 1. The van der Waals surface area contributed by atoms with Gasteiger partial charge in [-0.1, -0.05) is 53.0 Å². The molecular weight excluding hydrogens is 449 g/mol. The van der Waals surface area contributed by atoms with Gasteiger partial charge in [0.15, 0.2) is 11.5 Å². The van der Waals surface area contributed by atoms with Gasteiger partial charge in [-0.05, 0) is 36.4 Å². The van der Waals surface area contributed by atoms with Crippen LogP contribution in [-0.4, -0.2) is 18.2 Å². The number of ether oxygens (including phenoxy) is 2. The molecule has 156 valence electrons. The molecule has 0 saturated heterocycles. The van der Waals surface area contributed by atoms with Gasteiger partial charge < -0.3 is 19.9 Å².